The molecule has 1 N–H and O–H groups in total. The molecular formula is C17H26O2. The number of rotatable bonds is 6. The minimum atomic E-state index is -0.357. The van der Waals surface area contributed by atoms with Crippen LogP contribution in [0.2, 0.25) is 0 Å². The van der Waals surface area contributed by atoms with E-state index in [1.165, 1.54) is 37.7 Å². The Kier molecular flexibility index (Phi) is 5.26. The van der Waals surface area contributed by atoms with Gasteiger partial charge in [-0.2, -0.15) is 0 Å². The fourth-order valence-corrected chi connectivity index (χ4v) is 2.79. The van der Waals surface area contributed by atoms with Crippen molar-refractivity contribution in [3.05, 3.63) is 29.3 Å². The second kappa shape index (κ2) is 6.95. The molecule has 0 fully saturated rings. The molecule has 0 bridgehead atoms. The van der Waals surface area contributed by atoms with Crippen molar-refractivity contribution < 1.29 is 9.84 Å². The number of aliphatic hydroxyl groups excluding tert-OH is 1. The molecule has 0 saturated carbocycles. The average Bonchev–Trinajstić information content (AvgIpc) is 2.39. The average molecular weight is 262 g/mol. The maximum atomic E-state index is 10.2. The third-order valence-corrected chi connectivity index (χ3v) is 3.93. The van der Waals surface area contributed by atoms with E-state index in [1.807, 2.05) is 19.1 Å². The van der Waals surface area contributed by atoms with Crippen molar-refractivity contribution in [3.63, 3.8) is 0 Å². The second-order valence-corrected chi connectivity index (χ2v) is 5.74. The SMILES string of the molecule is CCCCCCCC1C[C@H](O)c2cc(C)ccc2O1. The van der Waals surface area contributed by atoms with Crippen LogP contribution in [-0.2, 0) is 0 Å². The summed E-state index contributed by atoms with van der Waals surface area (Å²) in [6.45, 7) is 4.28. The Morgan fingerprint density at radius 2 is 2.00 bits per heavy atom. The summed E-state index contributed by atoms with van der Waals surface area (Å²) >= 11 is 0. The molecule has 0 aliphatic carbocycles. The van der Waals surface area contributed by atoms with Crippen LogP contribution in [0.3, 0.4) is 0 Å². The molecule has 2 nitrogen and oxygen atoms in total. The smallest absolute Gasteiger partial charge is 0.125 e. The summed E-state index contributed by atoms with van der Waals surface area (Å²) in [6, 6.07) is 6.09. The first-order valence-corrected chi connectivity index (χ1v) is 7.66. The molecule has 106 valence electrons. The summed E-state index contributed by atoms with van der Waals surface area (Å²) in [5.41, 5.74) is 2.14. The maximum Gasteiger partial charge on any atom is 0.125 e. The number of aryl methyl sites for hydroxylation is 1. The van der Waals surface area contributed by atoms with Crippen molar-refractivity contribution in [2.45, 2.75) is 71.0 Å². The van der Waals surface area contributed by atoms with Gasteiger partial charge in [-0.1, -0.05) is 44.2 Å². The third kappa shape index (κ3) is 3.97. The molecular weight excluding hydrogens is 236 g/mol. The lowest BCUT2D eigenvalue weighted by molar-refractivity contribution is 0.0604. The maximum absolute atomic E-state index is 10.2. The molecule has 1 unspecified atom stereocenters. The van der Waals surface area contributed by atoms with Crippen molar-refractivity contribution in [1.82, 2.24) is 0 Å². The molecule has 2 heteroatoms. The lowest BCUT2D eigenvalue weighted by Crippen LogP contribution is -2.25. The van der Waals surface area contributed by atoms with E-state index in [4.69, 9.17) is 4.74 Å². The van der Waals surface area contributed by atoms with Gasteiger partial charge in [0.1, 0.15) is 11.9 Å². The van der Waals surface area contributed by atoms with Gasteiger partial charge >= 0.3 is 0 Å². The number of benzene rings is 1. The largest absolute Gasteiger partial charge is 0.490 e. The van der Waals surface area contributed by atoms with Gasteiger partial charge in [-0.15, -0.1) is 0 Å². The fourth-order valence-electron chi connectivity index (χ4n) is 2.79. The Morgan fingerprint density at radius 3 is 2.79 bits per heavy atom. The van der Waals surface area contributed by atoms with E-state index in [1.54, 1.807) is 0 Å². The predicted molar refractivity (Wildman–Crippen MR) is 78.5 cm³/mol. The zero-order chi connectivity index (χ0) is 13.7. The molecule has 1 aromatic carbocycles. The highest BCUT2D eigenvalue weighted by Crippen LogP contribution is 2.36. The van der Waals surface area contributed by atoms with Crippen LogP contribution in [0.1, 0.15) is 69.1 Å². The molecule has 0 saturated heterocycles. The van der Waals surface area contributed by atoms with E-state index in [-0.39, 0.29) is 12.2 Å². The van der Waals surface area contributed by atoms with Crippen LogP contribution in [0.4, 0.5) is 0 Å². The fraction of sp³-hybridized carbons (Fsp3) is 0.647. The summed E-state index contributed by atoms with van der Waals surface area (Å²) in [5.74, 6) is 0.878. The van der Waals surface area contributed by atoms with Gasteiger partial charge in [0.15, 0.2) is 0 Å². The molecule has 2 atom stereocenters. The van der Waals surface area contributed by atoms with Crippen LogP contribution in [0.25, 0.3) is 0 Å². The minimum Gasteiger partial charge on any atom is -0.490 e. The van der Waals surface area contributed by atoms with E-state index in [9.17, 15) is 5.11 Å². The zero-order valence-electron chi connectivity index (χ0n) is 12.2. The van der Waals surface area contributed by atoms with Gasteiger partial charge in [0.25, 0.3) is 0 Å². The highest BCUT2D eigenvalue weighted by Gasteiger charge is 2.26. The first-order valence-electron chi connectivity index (χ1n) is 7.66. The lowest BCUT2D eigenvalue weighted by Gasteiger charge is -2.30. The second-order valence-electron chi connectivity index (χ2n) is 5.74. The van der Waals surface area contributed by atoms with Crippen molar-refractivity contribution in [3.8, 4) is 5.75 Å². The van der Waals surface area contributed by atoms with Crippen LogP contribution < -0.4 is 4.74 Å². The number of hydrogen-bond acceptors (Lipinski definition) is 2. The zero-order valence-corrected chi connectivity index (χ0v) is 12.2. The summed E-state index contributed by atoms with van der Waals surface area (Å²) < 4.78 is 6.00. The van der Waals surface area contributed by atoms with Gasteiger partial charge in [-0.05, 0) is 31.9 Å². The van der Waals surface area contributed by atoms with Gasteiger partial charge in [-0.3, -0.25) is 0 Å². The number of unbranched alkanes of at least 4 members (excludes halogenated alkanes) is 4. The summed E-state index contributed by atoms with van der Waals surface area (Å²) in [5, 5.41) is 10.2. The standard InChI is InChI=1S/C17H26O2/c1-3-4-5-6-7-8-14-12-16(18)15-11-13(2)9-10-17(15)19-14/h9-11,14,16,18H,3-8,12H2,1-2H3/t14?,16-/m0/s1. The van der Waals surface area contributed by atoms with E-state index >= 15 is 0 Å². The highest BCUT2D eigenvalue weighted by atomic mass is 16.5. The van der Waals surface area contributed by atoms with Gasteiger partial charge in [0, 0.05) is 12.0 Å². The molecule has 1 aromatic rings. The Hall–Kier alpha value is -1.02. The first-order chi connectivity index (χ1) is 9.20. The number of fused-ring (bicyclic) bond motifs is 1. The topological polar surface area (TPSA) is 29.5 Å². The molecule has 0 spiro atoms. The third-order valence-electron chi connectivity index (χ3n) is 3.93. The van der Waals surface area contributed by atoms with Crippen LogP contribution >= 0.6 is 0 Å². The van der Waals surface area contributed by atoms with E-state index in [0.717, 1.165) is 24.2 Å². The van der Waals surface area contributed by atoms with Crippen LogP contribution in [0.5, 0.6) is 5.75 Å². The molecule has 0 radical (unpaired) electrons. The Labute approximate surface area is 116 Å². The molecule has 1 aliphatic heterocycles. The van der Waals surface area contributed by atoms with Crippen molar-refractivity contribution in [2.75, 3.05) is 0 Å². The molecule has 19 heavy (non-hydrogen) atoms. The molecule has 2 rings (SSSR count). The van der Waals surface area contributed by atoms with Crippen molar-refractivity contribution in [1.29, 1.82) is 0 Å². The quantitative estimate of drug-likeness (QED) is 0.763. The van der Waals surface area contributed by atoms with Crippen molar-refractivity contribution >= 4 is 0 Å². The Bertz CT molecular complexity index is 400. The Morgan fingerprint density at radius 1 is 1.21 bits per heavy atom. The van der Waals surface area contributed by atoms with Crippen LogP contribution in [0, 0.1) is 6.92 Å². The number of aliphatic hydroxyl groups is 1. The summed E-state index contributed by atoms with van der Waals surface area (Å²) in [4.78, 5) is 0. The van der Waals surface area contributed by atoms with Gasteiger partial charge < -0.3 is 9.84 Å². The van der Waals surface area contributed by atoms with E-state index < -0.39 is 0 Å². The van der Waals surface area contributed by atoms with Crippen molar-refractivity contribution in [2.24, 2.45) is 0 Å². The van der Waals surface area contributed by atoms with Crippen LogP contribution in [-0.4, -0.2) is 11.2 Å². The van der Waals surface area contributed by atoms with Gasteiger partial charge in [-0.25, -0.2) is 0 Å². The molecule has 1 heterocycles. The van der Waals surface area contributed by atoms with Gasteiger partial charge in [0.2, 0.25) is 0 Å². The lowest BCUT2D eigenvalue weighted by atomic mass is 9.95. The molecule has 0 amide bonds. The van der Waals surface area contributed by atoms with E-state index in [0.29, 0.717) is 0 Å². The summed E-state index contributed by atoms with van der Waals surface area (Å²) in [6.07, 6.45) is 8.06. The number of ether oxygens (including phenoxy) is 1. The molecule has 1 aliphatic rings. The monoisotopic (exact) mass is 262 g/mol. The van der Waals surface area contributed by atoms with E-state index in [2.05, 4.69) is 13.0 Å². The number of hydrogen-bond donors (Lipinski definition) is 1. The highest BCUT2D eigenvalue weighted by molar-refractivity contribution is 5.40. The molecule has 0 aromatic heterocycles. The Balaban J connectivity index is 1.85. The minimum absolute atomic E-state index is 0.187. The van der Waals surface area contributed by atoms with Gasteiger partial charge in [0.05, 0.1) is 6.10 Å². The predicted octanol–water partition coefficient (Wildman–Crippen LogP) is 4.54. The van der Waals surface area contributed by atoms with Crippen LogP contribution in [0.15, 0.2) is 18.2 Å². The normalized spacial score (nSPS) is 21.8. The first kappa shape index (κ1) is 14.4. The summed E-state index contributed by atoms with van der Waals surface area (Å²) in [7, 11) is 0.